The third kappa shape index (κ3) is 3.30. The topological polar surface area (TPSA) is 144 Å². The van der Waals surface area contributed by atoms with Crippen LogP contribution in [0.5, 0.6) is 11.6 Å². The standard InChI is InChI=1S/C18H15N3O7/c1-28-12-5-2-10(3-6-12)9-19-16(22)15-13-7-4-11(21(26)27)8-14(13)17(23)20(25)18(15)24/h2-8,24-25H,9H2,1H3,(H,19,22). The molecule has 0 radical (unpaired) electrons. The summed E-state index contributed by atoms with van der Waals surface area (Å²) in [4.78, 5) is 34.9. The number of aromatic hydroxyl groups is 1. The first-order chi connectivity index (χ1) is 13.3. The highest BCUT2D eigenvalue weighted by molar-refractivity contribution is 6.09. The predicted octanol–water partition coefficient (Wildman–Crippen LogP) is 1.79. The Bertz CT molecular complexity index is 1140. The Morgan fingerprint density at radius 2 is 1.89 bits per heavy atom. The van der Waals surface area contributed by atoms with Crippen molar-refractivity contribution < 1.29 is 24.8 Å². The van der Waals surface area contributed by atoms with E-state index in [0.29, 0.717) is 5.75 Å². The smallest absolute Gasteiger partial charge is 0.294 e. The zero-order valence-electron chi connectivity index (χ0n) is 14.6. The number of hydrogen-bond donors (Lipinski definition) is 3. The van der Waals surface area contributed by atoms with Gasteiger partial charge in [0.05, 0.1) is 17.4 Å². The average Bonchev–Trinajstić information content (AvgIpc) is 2.70. The highest BCUT2D eigenvalue weighted by Crippen LogP contribution is 2.27. The fourth-order valence-corrected chi connectivity index (χ4v) is 2.72. The molecule has 1 amide bonds. The number of carbonyl (C=O) groups excluding carboxylic acids is 1. The number of methoxy groups -OCH3 is 1. The van der Waals surface area contributed by atoms with Crippen molar-refractivity contribution in [2.75, 3.05) is 7.11 Å². The van der Waals surface area contributed by atoms with Gasteiger partial charge < -0.3 is 20.4 Å². The SMILES string of the molecule is COc1ccc(CNC(=O)c2c(O)n(O)c(=O)c3cc([N+](=O)[O-])ccc23)cc1. The third-order valence-corrected chi connectivity index (χ3v) is 4.17. The van der Waals surface area contributed by atoms with Crippen LogP contribution in [0.3, 0.4) is 0 Å². The number of nitrogens with one attached hydrogen (secondary N) is 1. The first-order valence-electron chi connectivity index (χ1n) is 8.00. The van der Waals surface area contributed by atoms with Crippen molar-refractivity contribution in [1.82, 2.24) is 10.0 Å². The summed E-state index contributed by atoms with van der Waals surface area (Å²) in [6.45, 7) is 0.0985. The Labute approximate surface area is 157 Å². The minimum atomic E-state index is -1.08. The molecular formula is C18H15N3O7. The number of hydrogen-bond acceptors (Lipinski definition) is 7. The molecule has 0 atom stereocenters. The number of nitro benzene ring substituents is 1. The van der Waals surface area contributed by atoms with Crippen molar-refractivity contribution in [2.45, 2.75) is 6.54 Å². The van der Waals surface area contributed by atoms with E-state index >= 15 is 0 Å². The number of nitrogens with zero attached hydrogens (tertiary/aromatic N) is 2. The second-order valence-corrected chi connectivity index (χ2v) is 5.83. The van der Waals surface area contributed by atoms with E-state index in [4.69, 9.17) is 4.74 Å². The minimum Gasteiger partial charge on any atom is -0.497 e. The van der Waals surface area contributed by atoms with Crippen LogP contribution in [0, 0.1) is 10.1 Å². The molecule has 10 nitrogen and oxygen atoms in total. The van der Waals surface area contributed by atoms with Gasteiger partial charge in [-0.05, 0) is 23.8 Å². The zero-order valence-corrected chi connectivity index (χ0v) is 14.6. The summed E-state index contributed by atoms with van der Waals surface area (Å²) in [5.41, 5.74) is -1.10. The molecule has 0 fully saturated rings. The maximum Gasteiger partial charge on any atom is 0.294 e. The second-order valence-electron chi connectivity index (χ2n) is 5.83. The summed E-state index contributed by atoms with van der Waals surface area (Å²) >= 11 is 0. The van der Waals surface area contributed by atoms with E-state index in [0.717, 1.165) is 17.7 Å². The lowest BCUT2D eigenvalue weighted by molar-refractivity contribution is -0.384. The maximum atomic E-state index is 12.6. The third-order valence-electron chi connectivity index (χ3n) is 4.17. The molecular weight excluding hydrogens is 370 g/mol. The number of non-ortho nitro benzene ring substituents is 1. The number of pyridine rings is 1. The van der Waals surface area contributed by atoms with Gasteiger partial charge in [0.25, 0.3) is 17.2 Å². The molecule has 0 bridgehead atoms. The Balaban J connectivity index is 1.99. The Morgan fingerprint density at radius 3 is 2.50 bits per heavy atom. The van der Waals surface area contributed by atoms with Crippen molar-refractivity contribution in [3.63, 3.8) is 0 Å². The fraction of sp³-hybridized carbons (Fsp3) is 0.111. The highest BCUT2D eigenvalue weighted by Gasteiger charge is 2.23. The summed E-state index contributed by atoms with van der Waals surface area (Å²) in [6, 6.07) is 10.1. The maximum absolute atomic E-state index is 12.6. The highest BCUT2D eigenvalue weighted by atomic mass is 16.6. The Hall–Kier alpha value is -4.08. The van der Waals surface area contributed by atoms with Crippen LogP contribution in [0.15, 0.2) is 47.3 Å². The van der Waals surface area contributed by atoms with Crippen LogP contribution in [-0.4, -0.2) is 33.0 Å². The van der Waals surface area contributed by atoms with Crippen LogP contribution < -0.4 is 15.6 Å². The first kappa shape index (κ1) is 18.7. The number of carbonyl (C=O) groups is 1. The van der Waals surface area contributed by atoms with Gasteiger partial charge in [-0.3, -0.25) is 19.7 Å². The Kier molecular flexibility index (Phi) is 4.86. The van der Waals surface area contributed by atoms with Crippen LogP contribution in [0.4, 0.5) is 5.69 Å². The van der Waals surface area contributed by atoms with E-state index in [-0.39, 0.29) is 33.3 Å². The van der Waals surface area contributed by atoms with E-state index in [9.17, 15) is 30.0 Å². The van der Waals surface area contributed by atoms with Crippen molar-refractivity contribution in [1.29, 1.82) is 0 Å². The number of benzene rings is 2. The lowest BCUT2D eigenvalue weighted by atomic mass is 10.1. The lowest BCUT2D eigenvalue weighted by Gasteiger charge is -2.12. The van der Waals surface area contributed by atoms with E-state index in [1.165, 1.54) is 13.2 Å². The van der Waals surface area contributed by atoms with Crippen LogP contribution >= 0.6 is 0 Å². The van der Waals surface area contributed by atoms with Crippen LogP contribution in [-0.2, 0) is 6.54 Å². The van der Waals surface area contributed by atoms with Gasteiger partial charge >= 0.3 is 0 Å². The van der Waals surface area contributed by atoms with Crippen LogP contribution in [0.1, 0.15) is 15.9 Å². The molecule has 144 valence electrons. The number of rotatable bonds is 5. The molecule has 28 heavy (non-hydrogen) atoms. The summed E-state index contributed by atoms with van der Waals surface area (Å²) in [6.07, 6.45) is 0. The summed E-state index contributed by atoms with van der Waals surface area (Å²) in [5, 5.41) is 33.1. The minimum absolute atomic E-state index is 0.0226. The first-order valence-corrected chi connectivity index (χ1v) is 8.00. The molecule has 0 unspecified atom stereocenters. The molecule has 10 heteroatoms. The van der Waals surface area contributed by atoms with Crippen LogP contribution in [0.25, 0.3) is 10.8 Å². The number of amides is 1. The van der Waals surface area contributed by atoms with E-state index < -0.39 is 22.3 Å². The number of aromatic nitrogens is 1. The molecule has 0 aliphatic heterocycles. The van der Waals surface area contributed by atoms with E-state index in [1.807, 2.05) is 0 Å². The summed E-state index contributed by atoms with van der Waals surface area (Å²) in [5.74, 6) is -1.08. The zero-order chi connectivity index (χ0) is 20.4. The van der Waals surface area contributed by atoms with Gasteiger partial charge in [-0.2, -0.15) is 0 Å². The molecule has 0 saturated heterocycles. The van der Waals surface area contributed by atoms with Gasteiger partial charge in [0.15, 0.2) is 0 Å². The normalized spacial score (nSPS) is 10.6. The quantitative estimate of drug-likeness (QED) is 0.345. The van der Waals surface area contributed by atoms with Gasteiger partial charge in [0.1, 0.15) is 11.3 Å². The molecule has 2 aromatic carbocycles. The molecule has 0 saturated carbocycles. The molecule has 3 rings (SSSR count). The van der Waals surface area contributed by atoms with Crippen LogP contribution in [0.2, 0.25) is 0 Å². The molecule has 3 aromatic rings. The molecule has 1 heterocycles. The molecule has 0 aliphatic carbocycles. The van der Waals surface area contributed by atoms with E-state index in [1.54, 1.807) is 24.3 Å². The van der Waals surface area contributed by atoms with Gasteiger partial charge in [-0.1, -0.05) is 12.1 Å². The number of ether oxygens (including phenoxy) is 1. The Morgan fingerprint density at radius 1 is 1.21 bits per heavy atom. The predicted molar refractivity (Wildman–Crippen MR) is 97.9 cm³/mol. The second kappa shape index (κ2) is 7.27. The van der Waals surface area contributed by atoms with Crippen molar-refractivity contribution in [3.8, 4) is 11.6 Å². The number of nitro groups is 1. The lowest BCUT2D eigenvalue weighted by Crippen LogP contribution is -2.27. The average molecular weight is 385 g/mol. The van der Waals surface area contributed by atoms with Crippen molar-refractivity contribution in [3.05, 3.63) is 74.1 Å². The van der Waals surface area contributed by atoms with Gasteiger partial charge in [0.2, 0.25) is 5.88 Å². The molecule has 0 aliphatic rings. The van der Waals surface area contributed by atoms with E-state index in [2.05, 4.69) is 5.32 Å². The summed E-state index contributed by atoms with van der Waals surface area (Å²) in [7, 11) is 1.53. The molecule has 3 N–H and O–H groups in total. The largest absolute Gasteiger partial charge is 0.497 e. The van der Waals surface area contributed by atoms with Crippen molar-refractivity contribution >= 4 is 22.4 Å². The monoisotopic (exact) mass is 385 g/mol. The molecule has 1 aromatic heterocycles. The van der Waals surface area contributed by atoms with Crippen molar-refractivity contribution in [2.24, 2.45) is 0 Å². The van der Waals surface area contributed by atoms with Gasteiger partial charge in [-0.15, -0.1) is 4.73 Å². The van der Waals surface area contributed by atoms with Gasteiger partial charge in [-0.25, -0.2) is 0 Å². The van der Waals surface area contributed by atoms with Gasteiger partial charge in [0, 0.05) is 24.1 Å². The fourth-order valence-electron chi connectivity index (χ4n) is 2.72. The number of fused-ring (bicyclic) bond motifs is 1. The molecule has 0 spiro atoms. The summed E-state index contributed by atoms with van der Waals surface area (Å²) < 4.78 is 4.93.